The third kappa shape index (κ3) is 1.44. The molecule has 0 aromatic heterocycles. The molecule has 19 heavy (non-hydrogen) atoms. The number of hydrogen-bond donors (Lipinski definition) is 0. The van der Waals surface area contributed by atoms with E-state index >= 15 is 0 Å². The fourth-order valence-corrected chi connectivity index (χ4v) is 5.05. The van der Waals surface area contributed by atoms with Crippen LogP contribution in [0.25, 0.3) is 0 Å². The third-order valence-corrected chi connectivity index (χ3v) is 5.77. The molecule has 4 aliphatic rings. The number of fused-ring (bicyclic) bond motifs is 1. The highest BCUT2D eigenvalue weighted by atomic mass is 16.2. The van der Waals surface area contributed by atoms with Crippen molar-refractivity contribution in [2.75, 3.05) is 13.1 Å². The van der Waals surface area contributed by atoms with Crippen molar-refractivity contribution < 1.29 is 9.59 Å². The second-order valence-corrected chi connectivity index (χ2v) is 6.60. The minimum atomic E-state index is -0.183. The van der Waals surface area contributed by atoms with Gasteiger partial charge in [-0.25, -0.2) is 0 Å². The number of nitrogens with zero attached hydrogens (tertiary/aromatic N) is 2. The first kappa shape index (κ1) is 11.9. The highest BCUT2D eigenvalue weighted by Gasteiger charge is 2.73. The smallest absolute Gasteiger partial charge is 0.231 e. The number of carbonyl (C=O) groups is 2. The van der Waals surface area contributed by atoms with Gasteiger partial charge in [-0.1, -0.05) is 12.8 Å². The maximum absolute atomic E-state index is 12.2. The highest BCUT2D eigenvalue weighted by molar-refractivity contribution is 6.03. The van der Waals surface area contributed by atoms with Crippen LogP contribution >= 0.6 is 0 Å². The van der Waals surface area contributed by atoms with Crippen LogP contribution in [-0.4, -0.2) is 40.4 Å². The Kier molecular flexibility index (Phi) is 2.53. The van der Waals surface area contributed by atoms with Crippen LogP contribution in [0.2, 0.25) is 0 Å². The van der Waals surface area contributed by atoms with Crippen molar-refractivity contribution in [1.82, 2.24) is 9.80 Å². The summed E-state index contributed by atoms with van der Waals surface area (Å²) < 4.78 is 0. The molecule has 2 amide bonds. The topological polar surface area (TPSA) is 40.6 Å². The minimum Gasteiger partial charge on any atom is -0.280 e. The normalized spacial score (nSPS) is 42.8. The first-order valence-electron chi connectivity index (χ1n) is 7.87. The zero-order valence-electron chi connectivity index (χ0n) is 11.4. The van der Waals surface area contributed by atoms with E-state index in [2.05, 4.69) is 4.90 Å². The Morgan fingerprint density at radius 3 is 1.89 bits per heavy atom. The van der Waals surface area contributed by atoms with Crippen LogP contribution in [0.1, 0.15) is 51.4 Å². The van der Waals surface area contributed by atoms with Crippen molar-refractivity contribution in [3.05, 3.63) is 0 Å². The molecular weight excluding hydrogens is 240 g/mol. The summed E-state index contributed by atoms with van der Waals surface area (Å²) in [6.07, 6.45) is 8.27. The summed E-state index contributed by atoms with van der Waals surface area (Å²) in [6.45, 7) is 2.15. The van der Waals surface area contributed by atoms with Crippen LogP contribution < -0.4 is 0 Å². The summed E-state index contributed by atoms with van der Waals surface area (Å²) >= 11 is 0. The molecule has 4 fully saturated rings. The summed E-state index contributed by atoms with van der Waals surface area (Å²) in [7, 11) is 0. The lowest BCUT2D eigenvalue weighted by atomic mass is 10.0. The second kappa shape index (κ2) is 4.05. The van der Waals surface area contributed by atoms with E-state index in [1.807, 2.05) is 0 Å². The number of imide groups is 1. The van der Waals surface area contributed by atoms with Crippen molar-refractivity contribution in [3.63, 3.8) is 0 Å². The number of rotatable bonds is 2. The van der Waals surface area contributed by atoms with Gasteiger partial charge in [-0.3, -0.25) is 19.4 Å². The molecule has 0 aromatic carbocycles. The molecule has 104 valence electrons. The maximum atomic E-state index is 12.2. The van der Waals surface area contributed by atoms with Crippen LogP contribution in [0.5, 0.6) is 0 Å². The van der Waals surface area contributed by atoms with Crippen LogP contribution in [0.4, 0.5) is 0 Å². The predicted molar refractivity (Wildman–Crippen MR) is 70.1 cm³/mol. The van der Waals surface area contributed by atoms with E-state index in [9.17, 15) is 9.59 Å². The van der Waals surface area contributed by atoms with Gasteiger partial charge in [0.15, 0.2) is 0 Å². The zero-order valence-corrected chi connectivity index (χ0v) is 11.4. The number of hydrogen-bond acceptors (Lipinski definition) is 3. The van der Waals surface area contributed by atoms with Crippen molar-refractivity contribution in [3.8, 4) is 0 Å². The zero-order chi connectivity index (χ0) is 13.0. The fraction of sp³-hybridized carbons (Fsp3) is 0.867. The van der Waals surface area contributed by atoms with E-state index in [1.54, 1.807) is 4.90 Å². The standard InChI is InChI=1S/C15H22N2O2/c18-13-7-8-14(19)17(13)15(16-9-3-4-10-16)11-5-1-2-6-12(11)15/h11-12H,1-10H2. The molecule has 2 saturated heterocycles. The molecular formula is C15H22N2O2. The Bertz CT molecular complexity index is 400. The van der Waals surface area contributed by atoms with Crippen LogP contribution in [-0.2, 0) is 9.59 Å². The van der Waals surface area contributed by atoms with E-state index in [-0.39, 0.29) is 17.5 Å². The van der Waals surface area contributed by atoms with Gasteiger partial charge in [-0.05, 0) is 25.7 Å². The van der Waals surface area contributed by atoms with Gasteiger partial charge in [-0.2, -0.15) is 0 Å². The molecule has 2 atom stereocenters. The van der Waals surface area contributed by atoms with Gasteiger partial charge >= 0.3 is 0 Å². The van der Waals surface area contributed by atoms with E-state index in [1.165, 1.54) is 38.5 Å². The molecule has 0 aromatic rings. The highest BCUT2D eigenvalue weighted by Crippen LogP contribution is 2.64. The first-order valence-corrected chi connectivity index (χ1v) is 7.87. The van der Waals surface area contributed by atoms with E-state index in [0.29, 0.717) is 24.7 Å². The van der Waals surface area contributed by atoms with Crippen LogP contribution in [0.3, 0.4) is 0 Å². The maximum Gasteiger partial charge on any atom is 0.231 e. The number of carbonyl (C=O) groups excluding carboxylic acids is 2. The largest absolute Gasteiger partial charge is 0.280 e. The molecule has 2 aliphatic carbocycles. The van der Waals surface area contributed by atoms with Gasteiger partial charge in [0.05, 0.1) is 0 Å². The Balaban J connectivity index is 1.72. The van der Waals surface area contributed by atoms with E-state index in [0.717, 1.165) is 13.1 Å². The average Bonchev–Trinajstić information content (AvgIpc) is 2.80. The third-order valence-electron chi connectivity index (χ3n) is 5.77. The van der Waals surface area contributed by atoms with Gasteiger partial charge in [-0.15, -0.1) is 0 Å². The summed E-state index contributed by atoms with van der Waals surface area (Å²) in [5.74, 6) is 1.33. The molecule has 4 heteroatoms. The van der Waals surface area contributed by atoms with Gasteiger partial charge in [0, 0.05) is 37.8 Å². The molecule has 0 N–H and O–H groups in total. The lowest BCUT2D eigenvalue weighted by Crippen LogP contribution is -2.54. The molecule has 2 saturated carbocycles. The SMILES string of the molecule is O=C1CCC(=O)N1C1(N2CCCC2)C2CCCCC21. The average molecular weight is 262 g/mol. The predicted octanol–water partition coefficient (Wildman–Crippen LogP) is 1.75. The lowest BCUT2D eigenvalue weighted by molar-refractivity contribution is -0.149. The Morgan fingerprint density at radius 1 is 0.842 bits per heavy atom. The fourth-order valence-electron chi connectivity index (χ4n) is 5.05. The number of amides is 2. The summed E-state index contributed by atoms with van der Waals surface area (Å²) in [6, 6.07) is 0. The Hall–Kier alpha value is -0.900. The molecule has 4 nitrogen and oxygen atoms in total. The van der Waals surface area contributed by atoms with Crippen LogP contribution in [0.15, 0.2) is 0 Å². The van der Waals surface area contributed by atoms with E-state index < -0.39 is 0 Å². The molecule has 2 unspecified atom stereocenters. The van der Waals surface area contributed by atoms with Gasteiger partial charge in [0.2, 0.25) is 11.8 Å². The molecule has 4 rings (SSSR count). The van der Waals surface area contributed by atoms with Crippen molar-refractivity contribution in [1.29, 1.82) is 0 Å². The summed E-state index contributed by atoms with van der Waals surface area (Å²) in [4.78, 5) is 28.7. The summed E-state index contributed by atoms with van der Waals surface area (Å²) in [5, 5.41) is 0. The van der Waals surface area contributed by atoms with Crippen molar-refractivity contribution in [2.24, 2.45) is 11.8 Å². The van der Waals surface area contributed by atoms with Crippen LogP contribution in [0, 0.1) is 11.8 Å². The van der Waals surface area contributed by atoms with E-state index in [4.69, 9.17) is 0 Å². The number of likely N-dealkylation sites (tertiary alicyclic amines) is 2. The molecule has 0 bridgehead atoms. The van der Waals surface area contributed by atoms with Crippen molar-refractivity contribution >= 4 is 11.8 Å². The van der Waals surface area contributed by atoms with Gasteiger partial charge in [0.1, 0.15) is 5.66 Å². The lowest BCUT2D eigenvalue weighted by Gasteiger charge is -2.36. The van der Waals surface area contributed by atoms with Gasteiger partial charge in [0.25, 0.3) is 0 Å². The monoisotopic (exact) mass is 262 g/mol. The van der Waals surface area contributed by atoms with Gasteiger partial charge < -0.3 is 0 Å². The second-order valence-electron chi connectivity index (χ2n) is 6.60. The molecule has 2 heterocycles. The summed E-state index contributed by atoms with van der Waals surface area (Å²) in [5.41, 5.74) is -0.183. The minimum absolute atomic E-state index is 0.0892. The Morgan fingerprint density at radius 2 is 1.37 bits per heavy atom. The quantitative estimate of drug-likeness (QED) is 0.712. The molecule has 0 radical (unpaired) electrons. The molecule has 2 aliphatic heterocycles. The molecule has 0 spiro atoms. The Labute approximate surface area is 114 Å². The van der Waals surface area contributed by atoms with Crippen molar-refractivity contribution in [2.45, 2.75) is 57.0 Å². The first-order chi connectivity index (χ1) is 9.26.